The fraction of sp³-hybridized carbons (Fsp3) is 0.150. The average molecular weight is 490 g/mol. The van der Waals surface area contributed by atoms with Crippen LogP contribution in [0.3, 0.4) is 0 Å². The number of carboxylic acids is 1. The van der Waals surface area contributed by atoms with Crippen LogP contribution in [0, 0.1) is 0 Å². The highest BCUT2D eigenvalue weighted by atomic mass is 79.9. The molecule has 0 fully saturated rings. The van der Waals surface area contributed by atoms with E-state index in [9.17, 15) is 19.5 Å². The van der Waals surface area contributed by atoms with Crippen molar-refractivity contribution in [1.29, 1.82) is 0 Å². The maximum absolute atomic E-state index is 12.9. The molecular weight excluding hydrogens is 478 g/mol. The Bertz CT molecular complexity index is 1220. The normalized spacial score (nSPS) is 22.2. The van der Waals surface area contributed by atoms with E-state index in [1.54, 1.807) is 16.7 Å². The predicted octanol–water partition coefficient (Wildman–Crippen LogP) is 3.89. The van der Waals surface area contributed by atoms with Crippen molar-refractivity contribution in [3.05, 3.63) is 78.7 Å². The number of hydrogen-bond donors (Lipinski definition) is 1. The number of benzene rings is 2. The molecule has 3 atom stereocenters. The van der Waals surface area contributed by atoms with E-state index >= 15 is 0 Å². The second kappa shape index (κ2) is 6.86. The molecule has 3 heterocycles. The zero-order valence-corrected chi connectivity index (χ0v) is 17.8. The van der Waals surface area contributed by atoms with Gasteiger partial charge in [0.1, 0.15) is 11.4 Å². The van der Waals surface area contributed by atoms with Gasteiger partial charge in [-0.05, 0) is 35.9 Å². The third-order valence-corrected chi connectivity index (χ3v) is 8.01. The van der Waals surface area contributed by atoms with E-state index in [4.69, 9.17) is 4.74 Å². The maximum Gasteiger partial charge on any atom is 0.338 e. The maximum atomic E-state index is 12.9. The minimum Gasteiger partial charge on any atom is -0.480 e. The van der Waals surface area contributed by atoms with Crippen molar-refractivity contribution in [2.75, 3.05) is 0 Å². The SMILES string of the molecule is O=C1O[C@H]2[C@H](c3cc(Br)ccc31)c1sc(=O)n(-c3ccccc3)c1S[C@H]2C(=O)O. The number of aromatic nitrogens is 1. The summed E-state index contributed by atoms with van der Waals surface area (Å²) >= 11 is 5.56. The molecule has 0 spiro atoms. The van der Waals surface area contributed by atoms with E-state index in [2.05, 4.69) is 15.9 Å². The molecule has 0 aliphatic carbocycles. The lowest BCUT2D eigenvalue weighted by Gasteiger charge is -2.39. The zero-order chi connectivity index (χ0) is 20.3. The van der Waals surface area contributed by atoms with Crippen LogP contribution in [-0.2, 0) is 9.53 Å². The lowest BCUT2D eigenvalue weighted by Crippen LogP contribution is -2.45. The summed E-state index contributed by atoms with van der Waals surface area (Å²) in [5.74, 6) is -2.14. The smallest absolute Gasteiger partial charge is 0.338 e. The minimum absolute atomic E-state index is 0.202. The first kappa shape index (κ1) is 18.7. The Morgan fingerprint density at radius 1 is 1.14 bits per heavy atom. The minimum atomic E-state index is -1.08. The van der Waals surface area contributed by atoms with Crippen LogP contribution in [0.5, 0.6) is 0 Å². The number of halogens is 1. The highest BCUT2D eigenvalue weighted by Crippen LogP contribution is 2.51. The van der Waals surface area contributed by atoms with Gasteiger partial charge >= 0.3 is 16.8 Å². The quantitative estimate of drug-likeness (QED) is 0.549. The molecule has 9 heteroatoms. The molecule has 2 aliphatic heterocycles. The number of carbonyl (C=O) groups is 2. The predicted molar refractivity (Wildman–Crippen MR) is 112 cm³/mol. The van der Waals surface area contributed by atoms with E-state index in [1.807, 2.05) is 36.4 Å². The largest absolute Gasteiger partial charge is 0.480 e. The van der Waals surface area contributed by atoms with E-state index in [0.717, 1.165) is 32.4 Å². The van der Waals surface area contributed by atoms with Gasteiger partial charge < -0.3 is 9.84 Å². The number of hydrogen-bond acceptors (Lipinski definition) is 6. The first-order valence-corrected chi connectivity index (χ1v) is 11.2. The highest BCUT2D eigenvalue weighted by molar-refractivity contribution is 9.10. The number of fused-ring (bicyclic) bond motifs is 5. The number of thioether (sulfide) groups is 1. The van der Waals surface area contributed by atoms with Crippen molar-refractivity contribution in [2.45, 2.75) is 22.3 Å². The molecule has 3 aromatic rings. The first-order chi connectivity index (χ1) is 14.0. The molecule has 2 aromatic carbocycles. The summed E-state index contributed by atoms with van der Waals surface area (Å²) in [5.41, 5.74) is 1.74. The molecule has 29 heavy (non-hydrogen) atoms. The summed E-state index contributed by atoms with van der Waals surface area (Å²) in [6.45, 7) is 0. The van der Waals surface area contributed by atoms with Crippen molar-refractivity contribution >= 4 is 51.0 Å². The summed E-state index contributed by atoms with van der Waals surface area (Å²) in [7, 11) is 0. The molecule has 1 N–H and O–H groups in total. The molecule has 0 radical (unpaired) electrons. The van der Waals surface area contributed by atoms with Crippen molar-refractivity contribution in [2.24, 2.45) is 0 Å². The van der Waals surface area contributed by atoms with Gasteiger partial charge in [0.05, 0.1) is 27.1 Å². The average Bonchev–Trinajstić information content (AvgIpc) is 3.03. The van der Waals surface area contributed by atoms with E-state index in [1.165, 1.54) is 0 Å². The third kappa shape index (κ3) is 2.87. The molecule has 0 bridgehead atoms. The summed E-state index contributed by atoms with van der Waals surface area (Å²) < 4.78 is 7.90. The number of aliphatic carboxylic acids is 1. The lowest BCUT2D eigenvalue weighted by molar-refractivity contribution is -0.138. The fourth-order valence-corrected chi connectivity index (χ4v) is 6.77. The molecule has 0 saturated carbocycles. The second-order valence-corrected chi connectivity index (χ2v) is 9.70. The number of carbonyl (C=O) groups excluding carboxylic acids is 1. The number of para-hydroxylation sites is 1. The summed E-state index contributed by atoms with van der Waals surface area (Å²) in [5, 5.41) is 9.42. The van der Waals surface area contributed by atoms with E-state index in [-0.39, 0.29) is 4.87 Å². The molecule has 0 saturated heterocycles. The zero-order valence-electron chi connectivity index (χ0n) is 14.6. The number of thiazole rings is 1. The number of carboxylic acid groups (broad SMARTS) is 1. The van der Waals surface area contributed by atoms with Crippen molar-refractivity contribution < 1.29 is 19.4 Å². The van der Waals surface area contributed by atoms with Crippen molar-refractivity contribution in [3.8, 4) is 5.69 Å². The Hall–Kier alpha value is -2.36. The number of esters is 1. The van der Waals surface area contributed by atoms with Gasteiger partial charge in [-0.2, -0.15) is 0 Å². The Kier molecular flexibility index (Phi) is 4.41. The Morgan fingerprint density at radius 3 is 2.62 bits per heavy atom. The Labute approximate surface area is 181 Å². The van der Waals surface area contributed by atoms with Gasteiger partial charge in [-0.25, -0.2) is 4.79 Å². The lowest BCUT2D eigenvalue weighted by atomic mass is 9.84. The van der Waals surface area contributed by atoms with Crippen molar-refractivity contribution in [3.63, 3.8) is 0 Å². The van der Waals surface area contributed by atoms with Crippen LogP contribution >= 0.6 is 39.0 Å². The van der Waals surface area contributed by atoms with Crippen LogP contribution in [0.4, 0.5) is 0 Å². The van der Waals surface area contributed by atoms with Gasteiger partial charge in [-0.1, -0.05) is 57.2 Å². The van der Waals surface area contributed by atoms with Crippen LogP contribution in [0.25, 0.3) is 5.69 Å². The Balaban J connectivity index is 1.79. The Morgan fingerprint density at radius 2 is 1.90 bits per heavy atom. The van der Waals surface area contributed by atoms with E-state index in [0.29, 0.717) is 21.8 Å². The number of nitrogens with zero attached hydrogens (tertiary/aromatic N) is 1. The van der Waals surface area contributed by atoms with Gasteiger partial charge in [0.25, 0.3) is 0 Å². The van der Waals surface area contributed by atoms with Gasteiger partial charge in [0.15, 0.2) is 0 Å². The summed E-state index contributed by atoms with van der Waals surface area (Å²) in [4.78, 5) is 38.0. The molecule has 1 aromatic heterocycles. The molecule has 6 nitrogen and oxygen atoms in total. The molecule has 146 valence electrons. The van der Waals surface area contributed by atoms with Crippen molar-refractivity contribution in [1.82, 2.24) is 4.57 Å². The highest BCUT2D eigenvalue weighted by Gasteiger charge is 2.50. The van der Waals surface area contributed by atoms with E-state index < -0.39 is 29.2 Å². The molecule has 0 amide bonds. The topological polar surface area (TPSA) is 85.6 Å². The molecule has 2 aliphatic rings. The monoisotopic (exact) mass is 489 g/mol. The van der Waals surface area contributed by atoms with Crippen LogP contribution in [0.15, 0.2) is 62.8 Å². The third-order valence-electron chi connectivity index (χ3n) is 5.01. The fourth-order valence-electron chi connectivity index (χ4n) is 3.80. The van der Waals surface area contributed by atoms with Crippen LogP contribution in [0.2, 0.25) is 0 Å². The molecule has 0 unspecified atom stereocenters. The van der Waals surface area contributed by atoms with Gasteiger partial charge in [0, 0.05) is 4.47 Å². The standard InChI is InChI=1S/C20H12BrNO5S2/c21-9-6-7-11-12(8-9)13-14(27-19(11)25)16(18(23)24)28-17-15(13)29-20(26)22(17)10-4-2-1-3-5-10/h1-8,13-14,16H,(H,23,24)/t13-,14-,16+/m0/s1. The summed E-state index contributed by atoms with van der Waals surface area (Å²) in [6, 6.07) is 14.3. The molecule has 5 rings (SSSR count). The van der Waals surface area contributed by atoms with Crippen LogP contribution in [-0.4, -0.2) is 33.0 Å². The number of rotatable bonds is 2. The first-order valence-electron chi connectivity index (χ1n) is 8.67. The van der Waals surface area contributed by atoms with Gasteiger partial charge in [0.2, 0.25) is 0 Å². The van der Waals surface area contributed by atoms with Crippen LogP contribution in [0.1, 0.15) is 26.7 Å². The van der Waals surface area contributed by atoms with Gasteiger partial charge in [-0.3, -0.25) is 14.2 Å². The summed E-state index contributed by atoms with van der Waals surface area (Å²) in [6.07, 6.45) is -0.887. The molecular formula is C20H12BrNO5S2. The second-order valence-electron chi connectivity index (χ2n) is 6.66. The van der Waals surface area contributed by atoms with Gasteiger partial charge in [-0.15, -0.1) is 0 Å². The van der Waals surface area contributed by atoms with Crippen LogP contribution < -0.4 is 4.87 Å². The number of ether oxygens (including phenoxy) is 1.